The topological polar surface area (TPSA) is 49.7 Å². The fourth-order valence-corrected chi connectivity index (χ4v) is 3.64. The zero-order chi connectivity index (χ0) is 20.3. The standard InChI is InChI=1S/C21H16F3NO2S/c1-13(25-11-18(26)14-6-3-2-4-7-14)17-12-28-20(19(17)27)15-8-5-9-16(10-15)21(22,23)24/h2-10,12,27H,11H2,1H3. The van der Waals surface area contributed by atoms with Gasteiger partial charge in [-0.15, -0.1) is 11.3 Å². The molecule has 0 unspecified atom stereocenters. The van der Waals surface area contributed by atoms with E-state index in [1.165, 1.54) is 12.1 Å². The van der Waals surface area contributed by atoms with E-state index in [1.54, 1.807) is 36.6 Å². The summed E-state index contributed by atoms with van der Waals surface area (Å²) >= 11 is 1.12. The van der Waals surface area contributed by atoms with E-state index in [2.05, 4.69) is 4.99 Å². The van der Waals surface area contributed by atoms with Gasteiger partial charge in [-0.25, -0.2) is 0 Å². The number of nitrogens with zero attached hydrogens (tertiary/aromatic N) is 1. The predicted molar refractivity (Wildman–Crippen MR) is 104 cm³/mol. The lowest BCUT2D eigenvalue weighted by atomic mass is 10.1. The van der Waals surface area contributed by atoms with Crippen LogP contribution < -0.4 is 0 Å². The Balaban J connectivity index is 1.84. The van der Waals surface area contributed by atoms with Gasteiger partial charge in [0.1, 0.15) is 12.3 Å². The SMILES string of the molecule is CC(=NCC(=O)c1ccccc1)c1csc(-c2cccc(C(F)(F)F)c2)c1O. The maximum absolute atomic E-state index is 12.9. The average Bonchev–Trinajstić information content (AvgIpc) is 3.07. The van der Waals surface area contributed by atoms with Crippen molar-refractivity contribution in [2.24, 2.45) is 4.99 Å². The Kier molecular flexibility index (Phi) is 5.65. The van der Waals surface area contributed by atoms with Gasteiger partial charge in [0.15, 0.2) is 5.78 Å². The number of ketones is 1. The first-order chi connectivity index (χ1) is 13.3. The minimum atomic E-state index is -4.46. The molecule has 1 heterocycles. The summed E-state index contributed by atoms with van der Waals surface area (Å²) in [6, 6.07) is 13.5. The van der Waals surface area contributed by atoms with Crippen LogP contribution in [0.15, 0.2) is 65.0 Å². The number of benzene rings is 2. The van der Waals surface area contributed by atoms with Gasteiger partial charge in [0.05, 0.1) is 10.4 Å². The van der Waals surface area contributed by atoms with E-state index in [0.717, 1.165) is 23.5 Å². The summed E-state index contributed by atoms with van der Waals surface area (Å²) in [6.45, 7) is 1.57. The molecule has 7 heteroatoms. The molecule has 0 aliphatic carbocycles. The second-order valence-corrected chi connectivity index (χ2v) is 6.98. The molecule has 0 saturated heterocycles. The monoisotopic (exact) mass is 403 g/mol. The van der Waals surface area contributed by atoms with Crippen LogP contribution >= 0.6 is 11.3 Å². The molecule has 2 aromatic carbocycles. The molecule has 0 radical (unpaired) electrons. The van der Waals surface area contributed by atoms with Crippen LogP contribution in [0.1, 0.15) is 28.4 Å². The summed E-state index contributed by atoms with van der Waals surface area (Å²) in [6.07, 6.45) is -4.46. The van der Waals surface area contributed by atoms with E-state index in [9.17, 15) is 23.1 Å². The van der Waals surface area contributed by atoms with Crippen molar-refractivity contribution in [3.8, 4) is 16.2 Å². The molecular weight excluding hydrogens is 387 g/mol. The van der Waals surface area contributed by atoms with Crippen molar-refractivity contribution in [3.63, 3.8) is 0 Å². The lowest BCUT2D eigenvalue weighted by Gasteiger charge is -2.08. The molecular formula is C21H16F3NO2S. The Hall–Kier alpha value is -2.93. The molecule has 0 spiro atoms. The highest BCUT2D eigenvalue weighted by Gasteiger charge is 2.30. The van der Waals surface area contributed by atoms with Gasteiger partial charge < -0.3 is 5.11 Å². The Morgan fingerprint density at radius 3 is 2.50 bits per heavy atom. The molecule has 0 saturated carbocycles. The number of carbonyl (C=O) groups is 1. The molecule has 144 valence electrons. The van der Waals surface area contributed by atoms with E-state index >= 15 is 0 Å². The molecule has 0 fully saturated rings. The Labute approximate surface area is 163 Å². The normalized spacial score (nSPS) is 12.2. The fourth-order valence-electron chi connectivity index (χ4n) is 2.64. The van der Waals surface area contributed by atoms with E-state index in [0.29, 0.717) is 21.7 Å². The fraction of sp³-hybridized carbons (Fsp3) is 0.143. The van der Waals surface area contributed by atoms with Gasteiger partial charge in [0, 0.05) is 22.2 Å². The van der Waals surface area contributed by atoms with E-state index in [1.807, 2.05) is 6.07 Å². The lowest BCUT2D eigenvalue weighted by Crippen LogP contribution is -2.05. The van der Waals surface area contributed by atoms with Crippen LogP contribution in [0.25, 0.3) is 10.4 Å². The molecule has 3 aromatic rings. The van der Waals surface area contributed by atoms with Crippen LogP contribution in [0.2, 0.25) is 0 Å². The highest BCUT2D eigenvalue weighted by Crippen LogP contribution is 2.40. The summed E-state index contributed by atoms with van der Waals surface area (Å²) in [5, 5.41) is 12.1. The second-order valence-electron chi connectivity index (χ2n) is 6.10. The third-order valence-corrected chi connectivity index (χ3v) is 5.18. The van der Waals surface area contributed by atoms with Gasteiger partial charge in [0.2, 0.25) is 0 Å². The number of alkyl halides is 3. The van der Waals surface area contributed by atoms with E-state index in [4.69, 9.17) is 0 Å². The Morgan fingerprint density at radius 2 is 1.82 bits per heavy atom. The zero-order valence-corrected chi connectivity index (χ0v) is 15.6. The van der Waals surface area contributed by atoms with Crippen LogP contribution in [0.3, 0.4) is 0 Å². The van der Waals surface area contributed by atoms with Crippen molar-refractivity contribution in [1.29, 1.82) is 0 Å². The summed E-state index contributed by atoms with van der Waals surface area (Å²) in [5.41, 5.74) is 0.878. The van der Waals surface area contributed by atoms with Crippen LogP contribution in [0, 0.1) is 0 Å². The van der Waals surface area contributed by atoms with Crippen LogP contribution in [0.4, 0.5) is 13.2 Å². The number of Topliss-reactive ketones (excluding diaryl/α,β-unsaturated/α-hetero) is 1. The zero-order valence-electron chi connectivity index (χ0n) is 14.8. The van der Waals surface area contributed by atoms with Crippen molar-refractivity contribution >= 4 is 22.8 Å². The minimum absolute atomic E-state index is 0.0793. The maximum Gasteiger partial charge on any atom is 0.416 e. The largest absolute Gasteiger partial charge is 0.506 e. The first-order valence-corrected chi connectivity index (χ1v) is 9.23. The number of halogens is 3. The lowest BCUT2D eigenvalue weighted by molar-refractivity contribution is -0.137. The quantitative estimate of drug-likeness (QED) is 0.430. The second kappa shape index (κ2) is 7.98. The number of rotatable bonds is 5. The van der Waals surface area contributed by atoms with E-state index in [-0.39, 0.29) is 23.6 Å². The van der Waals surface area contributed by atoms with Crippen molar-refractivity contribution in [2.75, 3.05) is 6.54 Å². The summed E-state index contributed by atoms with van der Waals surface area (Å²) in [7, 11) is 0. The number of thiophene rings is 1. The third-order valence-electron chi connectivity index (χ3n) is 4.16. The van der Waals surface area contributed by atoms with Gasteiger partial charge in [-0.05, 0) is 24.6 Å². The van der Waals surface area contributed by atoms with Gasteiger partial charge >= 0.3 is 6.18 Å². The van der Waals surface area contributed by atoms with Gasteiger partial charge in [-0.1, -0.05) is 42.5 Å². The molecule has 1 N–H and O–H groups in total. The molecule has 28 heavy (non-hydrogen) atoms. The smallest absolute Gasteiger partial charge is 0.416 e. The van der Waals surface area contributed by atoms with Crippen molar-refractivity contribution in [2.45, 2.75) is 13.1 Å². The van der Waals surface area contributed by atoms with Crippen molar-refractivity contribution in [1.82, 2.24) is 0 Å². The number of hydrogen-bond donors (Lipinski definition) is 1. The van der Waals surface area contributed by atoms with Gasteiger partial charge in [-0.3, -0.25) is 9.79 Å². The molecule has 0 bridgehead atoms. The Morgan fingerprint density at radius 1 is 1.11 bits per heavy atom. The molecule has 3 nitrogen and oxygen atoms in total. The van der Waals surface area contributed by atoms with Crippen molar-refractivity contribution in [3.05, 3.63) is 76.7 Å². The highest BCUT2D eigenvalue weighted by atomic mass is 32.1. The van der Waals surface area contributed by atoms with Crippen LogP contribution in [0.5, 0.6) is 5.75 Å². The first kappa shape index (κ1) is 19.8. The molecule has 1 aromatic heterocycles. The number of aromatic hydroxyl groups is 1. The molecule has 0 amide bonds. The summed E-state index contributed by atoms with van der Waals surface area (Å²) in [4.78, 5) is 16.7. The predicted octanol–water partition coefficient (Wildman–Crippen LogP) is 5.83. The molecule has 0 aliphatic heterocycles. The number of aliphatic imine (C=N–C) groups is 1. The van der Waals surface area contributed by atoms with Crippen molar-refractivity contribution < 1.29 is 23.1 Å². The van der Waals surface area contributed by atoms with Crippen LogP contribution in [-0.2, 0) is 6.18 Å². The van der Waals surface area contributed by atoms with E-state index < -0.39 is 11.7 Å². The summed E-state index contributed by atoms with van der Waals surface area (Å²) < 4.78 is 38.8. The Bertz CT molecular complexity index is 1020. The average molecular weight is 403 g/mol. The number of hydrogen-bond acceptors (Lipinski definition) is 4. The molecule has 0 atom stereocenters. The minimum Gasteiger partial charge on any atom is -0.506 e. The third kappa shape index (κ3) is 4.31. The van der Waals surface area contributed by atoms with Crippen LogP contribution in [-0.4, -0.2) is 23.1 Å². The van der Waals surface area contributed by atoms with Gasteiger partial charge in [0.25, 0.3) is 0 Å². The molecule has 3 rings (SSSR count). The highest BCUT2D eigenvalue weighted by molar-refractivity contribution is 7.14. The molecule has 0 aliphatic rings. The summed E-state index contributed by atoms with van der Waals surface area (Å²) in [5.74, 6) is -0.300. The van der Waals surface area contributed by atoms with Gasteiger partial charge in [-0.2, -0.15) is 13.2 Å². The first-order valence-electron chi connectivity index (χ1n) is 8.35. The number of carbonyl (C=O) groups excluding carboxylic acids is 1. The maximum atomic E-state index is 12.9.